The highest BCUT2D eigenvalue weighted by Crippen LogP contribution is 2.30. The molecule has 3 heteroatoms. The van der Waals surface area contributed by atoms with Crippen LogP contribution in [0.15, 0.2) is 0 Å². The first-order chi connectivity index (χ1) is 6.45. The normalized spacial score (nSPS) is 29.0. The van der Waals surface area contributed by atoms with Crippen molar-refractivity contribution >= 4 is 5.97 Å². The predicted molar refractivity (Wildman–Crippen MR) is 56.3 cm³/mol. The fourth-order valence-electron chi connectivity index (χ4n) is 2.53. The summed E-state index contributed by atoms with van der Waals surface area (Å²) in [5, 5.41) is 9.09. The molecule has 1 aliphatic heterocycles. The number of carboxylic acids is 1. The minimum atomic E-state index is -0.665. The van der Waals surface area contributed by atoms with E-state index in [4.69, 9.17) is 5.11 Å². The van der Waals surface area contributed by atoms with Crippen LogP contribution >= 0.6 is 0 Å². The van der Waals surface area contributed by atoms with Gasteiger partial charge in [-0.05, 0) is 32.6 Å². The van der Waals surface area contributed by atoms with E-state index in [1.807, 2.05) is 0 Å². The molecule has 0 amide bonds. The Morgan fingerprint density at radius 3 is 2.21 bits per heavy atom. The van der Waals surface area contributed by atoms with Gasteiger partial charge in [0, 0.05) is 12.1 Å². The van der Waals surface area contributed by atoms with E-state index in [1.165, 1.54) is 0 Å². The molecule has 0 spiro atoms. The van der Waals surface area contributed by atoms with Crippen LogP contribution in [-0.4, -0.2) is 34.1 Å². The SMILES string of the molecule is CC(C)C1CCC(C(=O)O)N1C(C)C. The number of carboxylic acid groups (broad SMARTS) is 1. The van der Waals surface area contributed by atoms with E-state index in [1.54, 1.807) is 0 Å². The third-order valence-corrected chi connectivity index (χ3v) is 3.13. The molecular weight excluding hydrogens is 178 g/mol. The van der Waals surface area contributed by atoms with Crippen molar-refractivity contribution in [1.29, 1.82) is 0 Å². The summed E-state index contributed by atoms with van der Waals surface area (Å²) in [6.45, 7) is 8.50. The van der Waals surface area contributed by atoms with Crippen LogP contribution in [0.5, 0.6) is 0 Å². The molecule has 0 aromatic rings. The highest BCUT2D eigenvalue weighted by atomic mass is 16.4. The summed E-state index contributed by atoms with van der Waals surface area (Å²) in [7, 11) is 0. The Bertz CT molecular complexity index is 213. The summed E-state index contributed by atoms with van der Waals surface area (Å²) < 4.78 is 0. The molecule has 2 unspecified atom stereocenters. The Morgan fingerprint density at radius 2 is 1.86 bits per heavy atom. The lowest BCUT2D eigenvalue weighted by molar-refractivity contribution is -0.143. The van der Waals surface area contributed by atoms with Gasteiger partial charge in [0.1, 0.15) is 6.04 Å². The molecule has 1 heterocycles. The second-order valence-electron chi connectivity index (χ2n) is 4.78. The van der Waals surface area contributed by atoms with Crippen LogP contribution in [-0.2, 0) is 4.79 Å². The van der Waals surface area contributed by atoms with Crippen molar-refractivity contribution in [2.24, 2.45) is 5.92 Å². The van der Waals surface area contributed by atoms with Gasteiger partial charge in [0.05, 0.1) is 0 Å². The summed E-state index contributed by atoms with van der Waals surface area (Å²) in [6, 6.07) is 0.504. The number of likely N-dealkylation sites (tertiary alicyclic amines) is 1. The maximum Gasteiger partial charge on any atom is 0.320 e. The Hall–Kier alpha value is -0.570. The van der Waals surface area contributed by atoms with Crippen molar-refractivity contribution in [3.63, 3.8) is 0 Å². The minimum absolute atomic E-state index is 0.262. The van der Waals surface area contributed by atoms with Gasteiger partial charge in [-0.3, -0.25) is 9.69 Å². The second kappa shape index (κ2) is 4.30. The van der Waals surface area contributed by atoms with Gasteiger partial charge in [-0.15, -0.1) is 0 Å². The van der Waals surface area contributed by atoms with Gasteiger partial charge < -0.3 is 5.11 Å². The average molecular weight is 199 g/mol. The molecule has 1 saturated heterocycles. The number of carbonyl (C=O) groups is 1. The van der Waals surface area contributed by atoms with E-state index in [-0.39, 0.29) is 6.04 Å². The Morgan fingerprint density at radius 1 is 1.29 bits per heavy atom. The van der Waals surface area contributed by atoms with Gasteiger partial charge in [-0.25, -0.2) is 0 Å². The zero-order valence-corrected chi connectivity index (χ0v) is 9.53. The Labute approximate surface area is 86.1 Å². The van der Waals surface area contributed by atoms with Crippen molar-refractivity contribution in [3.05, 3.63) is 0 Å². The summed E-state index contributed by atoms with van der Waals surface area (Å²) in [6.07, 6.45) is 1.82. The number of hydrogen-bond donors (Lipinski definition) is 1. The maximum atomic E-state index is 11.0. The van der Waals surface area contributed by atoms with Gasteiger partial charge in [-0.1, -0.05) is 13.8 Å². The standard InChI is InChI=1S/C11H21NO2/c1-7(2)9-5-6-10(11(13)14)12(9)8(3)4/h7-10H,5-6H2,1-4H3,(H,13,14). The summed E-state index contributed by atoms with van der Waals surface area (Å²) in [4.78, 5) is 13.2. The highest BCUT2D eigenvalue weighted by molar-refractivity contribution is 5.74. The number of hydrogen-bond acceptors (Lipinski definition) is 2. The van der Waals surface area contributed by atoms with Crippen molar-refractivity contribution in [1.82, 2.24) is 4.90 Å². The lowest BCUT2D eigenvalue weighted by Gasteiger charge is -2.34. The van der Waals surface area contributed by atoms with E-state index in [9.17, 15) is 4.79 Å². The molecule has 2 atom stereocenters. The zero-order valence-electron chi connectivity index (χ0n) is 9.53. The monoisotopic (exact) mass is 199 g/mol. The van der Waals surface area contributed by atoms with E-state index in [0.717, 1.165) is 12.8 Å². The molecule has 1 fully saturated rings. The zero-order chi connectivity index (χ0) is 10.9. The molecule has 14 heavy (non-hydrogen) atoms. The van der Waals surface area contributed by atoms with Crippen LogP contribution in [0.2, 0.25) is 0 Å². The quantitative estimate of drug-likeness (QED) is 0.755. The van der Waals surface area contributed by atoms with Crippen LogP contribution < -0.4 is 0 Å². The van der Waals surface area contributed by atoms with E-state index in [0.29, 0.717) is 18.0 Å². The van der Waals surface area contributed by atoms with Crippen molar-refractivity contribution in [2.45, 2.75) is 58.7 Å². The molecule has 1 N–H and O–H groups in total. The first-order valence-electron chi connectivity index (χ1n) is 5.45. The van der Waals surface area contributed by atoms with Gasteiger partial charge >= 0.3 is 5.97 Å². The molecule has 0 bridgehead atoms. The van der Waals surface area contributed by atoms with E-state index >= 15 is 0 Å². The third kappa shape index (κ3) is 2.08. The van der Waals surface area contributed by atoms with Crippen LogP contribution in [0.25, 0.3) is 0 Å². The van der Waals surface area contributed by atoms with Crippen LogP contribution in [0, 0.1) is 5.92 Å². The van der Waals surface area contributed by atoms with Crippen molar-refractivity contribution < 1.29 is 9.90 Å². The summed E-state index contributed by atoms with van der Waals surface area (Å²) in [5.41, 5.74) is 0. The first-order valence-corrected chi connectivity index (χ1v) is 5.45. The molecule has 1 aliphatic rings. The van der Waals surface area contributed by atoms with Crippen LogP contribution in [0.3, 0.4) is 0 Å². The topological polar surface area (TPSA) is 40.5 Å². The molecule has 82 valence electrons. The predicted octanol–water partition coefficient (Wildman–Crippen LogP) is 1.97. The maximum absolute atomic E-state index is 11.0. The van der Waals surface area contributed by atoms with Crippen LogP contribution in [0.4, 0.5) is 0 Å². The highest BCUT2D eigenvalue weighted by Gasteiger charge is 2.40. The van der Waals surface area contributed by atoms with Gasteiger partial charge in [0.15, 0.2) is 0 Å². The number of aliphatic carboxylic acids is 1. The van der Waals surface area contributed by atoms with Crippen molar-refractivity contribution in [3.8, 4) is 0 Å². The van der Waals surface area contributed by atoms with Gasteiger partial charge in [0.2, 0.25) is 0 Å². The van der Waals surface area contributed by atoms with Crippen LogP contribution in [0.1, 0.15) is 40.5 Å². The fraction of sp³-hybridized carbons (Fsp3) is 0.909. The van der Waals surface area contributed by atoms with Crippen molar-refractivity contribution in [2.75, 3.05) is 0 Å². The lowest BCUT2D eigenvalue weighted by Crippen LogP contribution is -2.46. The number of nitrogens with zero attached hydrogens (tertiary/aromatic N) is 1. The molecular formula is C11H21NO2. The first kappa shape index (κ1) is 11.5. The molecule has 0 aromatic carbocycles. The summed E-state index contributed by atoms with van der Waals surface area (Å²) in [5.74, 6) is -0.122. The van der Waals surface area contributed by atoms with Gasteiger partial charge in [-0.2, -0.15) is 0 Å². The largest absolute Gasteiger partial charge is 0.480 e. The molecule has 0 radical (unpaired) electrons. The van der Waals surface area contributed by atoms with Gasteiger partial charge in [0.25, 0.3) is 0 Å². The second-order valence-corrected chi connectivity index (χ2v) is 4.78. The summed E-state index contributed by atoms with van der Waals surface area (Å²) >= 11 is 0. The van der Waals surface area contributed by atoms with E-state index in [2.05, 4.69) is 32.6 Å². The lowest BCUT2D eigenvalue weighted by atomic mass is 10.0. The molecule has 0 saturated carbocycles. The van der Waals surface area contributed by atoms with E-state index < -0.39 is 5.97 Å². The molecule has 1 rings (SSSR count). The molecule has 3 nitrogen and oxygen atoms in total. The third-order valence-electron chi connectivity index (χ3n) is 3.13. The molecule has 0 aromatic heterocycles. The smallest absolute Gasteiger partial charge is 0.320 e. The minimum Gasteiger partial charge on any atom is -0.480 e. The number of rotatable bonds is 3. The Balaban J connectivity index is 2.79. The average Bonchev–Trinajstić information content (AvgIpc) is 2.46. The molecule has 0 aliphatic carbocycles. The Kier molecular flexibility index (Phi) is 3.53. The fourth-order valence-corrected chi connectivity index (χ4v) is 2.53.